The summed E-state index contributed by atoms with van der Waals surface area (Å²) in [7, 11) is 0. The summed E-state index contributed by atoms with van der Waals surface area (Å²) in [5.41, 5.74) is 0. The van der Waals surface area contributed by atoms with Crippen LogP contribution in [0, 0.1) is 23.7 Å². The number of likely N-dealkylation sites (tertiary alicyclic amines) is 1. The van der Waals surface area contributed by atoms with Crippen molar-refractivity contribution in [3.63, 3.8) is 0 Å². The number of carbonyl (C=O) groups is 1. The molecule has 1 saturated carbocycles. The van der Waals surface area contributed by atoms with Gasteiger partial charge in [0.15, 0.2) is 0 Å². The molecule has 0 radical (unpaired) electrons. The molecular formula is C14H25NO. The van der Waals surface area contributed by atoms with E-state index in [0.29, 0.717) is 5.92 Å². The van der Waals surface area contributed by atoms with Gasteiger partial charge in [-0.3, -0.25) is 0 Å². The minimum absolute atomic E-state index is 0.279. The summed E-state index contributed by atoms with van der Waals surface area (Å²) in [6, 6.07) is 0. The lowest BCUT2D eigenvalue weighted by molar-refractivity contribution is -0.113. The second kappa shape index (κ2) is 5.31. The molecule has 1 saturated heterocycles. The van der Waals surface area contributed by atoms with E-state index < -0.39 is 0 Å². The molecule has 2 heteroatoms. The Morgan fingerprint density at radius 1 is 1.25 bits per heavy atom. The maximum atomic E-state index is 11.2. The lowest BCUT2D eigenvalue weighted by Gasteiger charge is -2.33. The van der Waals surface area contributed by atoms with Gasteiger partial charge in [-0.05, 0) is 56.5 Å². The zero-order valence-corrected chi connectivity index (χ0v) is 10.7. The first kappa shape index (κ1) is 12.1. The van der Waals surface area contributed by atoms with Gasteiger partial charge in [-0.2, -0.15) is 0 Å². The smallest absolute Gasteiger partial charge is 0.124 e. The van der Waals surface area contributed by atoms with E-state index in [1.54, 1.807) is 0 Å². The summed E-state index contributed by atoms with van der Waals surface area (Å²) in [6.45, 7) is 8.00. The first-order valence-corrected chi connectivity index (χ1v) is 6.88. The molecule has 92 valence electrons. The molecule has 0 bridgehead atoms. The zero-order valence-electron chi connectivity index (χ0n) is 10.7. The average molecular weight is 223 g/mol. The molecule has 2 rings (SSSR count). The van der Waals surface area contributed by atoms with E-state index in [0.717, 1.165) is 18.4 Å². The van der Waals surface area contributed by atoms with E-state index in [9.17, 15) is 4.79 Å². The molecule has 2 fully saturated rings. The summed E-state index contributed by atoms with van der Waals surface area (Å²) in [4.78, 5) is 13.7. The Morgan fingerprint density at radius 2 is 1.88 bits per heavy atom. The third-order valence-electron chi connectivity index (χ3n) is 4.56. The van der Waals surface area contributed by atoms with Gasteiger partial charge >= 0.3 is 0 Å². The van der Waals surface area contributed by atoms with Gasteiger partial charge in [0.05, 0.1) is 0 Å². The fraction of sp³-hybridized carbons (Fsp3) is 0.929. The van der Waals surface area contributed by atoms with Crippen LogP contribution in [0.4, 0.5) is 0 Å². The second-order valence-electron chi connectivity index (χ2n) is 5.98. The molecule has 1 aliphatic carbocycles. The van der Waals surface area contributed by atoms with Crippen LogP contribution in [0.15, 0.2) is 0 Å². The molecule has 16 heavy (non-hydrogen) atoms. The Hall–Kier alpha value is -0.370. The van der Waals surface area contributed by atoms with E-state index >= 15 is 0 Å². The van der Waals surface area contributed by atoms with Gasteiger partial charge in [-0.25, -0.2) is 0 Å². The van der Waals surface area contributed by atoms with Gasteiger partial charge in [0.25, 0.3) is 0 Å². The van der Waals surface area contributed by atoms with Crippen molar-refractivity contribution in [1.82, 2.24) is 4.90 Å². The molecule has 0 aromatic heterocycles. The number of nitrogens with zero attached hydrogens (tertiary/aromatic N) is 1. The van der Waals surface area contributed by atoms with Crippen LogP contribution in [-0.4, -0.2) is 30.8 Å². The van der Waals surface area contributed by atoms with Crippen LogP contribution in [0.25, 0.3) is 0 Å². The van der Waals surface area contributed by atoms with E-state index in [2.05, 4.69) is 18.7 Å². The minimum Gasteiger partial charge on any atom is -0.303 e. The van der Waals surface area contributed by atoms with E-state index in [1.165, 1.54) is 45.1 Å². The molecule has 0 N–H and O–H groups in total. The highest BCUT2D eigenvalue weighted by molar-refractivity contribution is 5.54. The fourth-order valence-corrected chi connectivity index (χ4v) is 2.85. The second-order valence-corrected chi connectivity index (χ2v) is 5.98. The largest absolute Gasteiger partial charge is 0.303 e. The van der Waals surface area contributed by atoms with Crippen LogP contribution < -0.4 is 0 Å². The Kier molecular flexibility index (Phi) is 4.01. The predicted molar refractivity (Wildman–Crippen MR) is 66.3 cm³/mol. The van der Waals surface area contributed by atoms with Crippen LogP contribution >= 0.6 is 0 Å². The van der Waals surface area contributed by atoms with E-state index in [-0.39, 0.29) is 5.92 Å². The Morgan fingerprint density at radius 3 is 2.38 bits per heavy atom. The molecule has 2 unspecified atom stereocenters. The van der Waals surface area contributed by atoms with Crippen LogP contribution in [-0.2, 0) is 4.79 Å². The molecule has 2 aliphatic rings. The van der Waals surface area contributed by atoms with Gasteiger partial charge in [0.1, 0.15) is 6.29 Å². The normalized spacial score (nSPS) is 27.6. The summed E-state index contributed by atoms with van der Waals surface area (Å²) in [5, 5.41) is 0. The van der Waals surface area contributed by atoms with Crippen molar-refractivity contribution in [2.75, 3.05) is 19.6 Å². The highest BCUT2D eigenvalue weighted by Crippen LogP contribution is 2.40. The van der Waals surface area contributed by atoms with Crippen LogP contribution in [0.2, 0.25) is 0 Å². The Bertz CT molecular complexity index is 229. The Balaban J connectivity index is 1.79. The van der Waals surface area contributed by atoms with E-state index in [4.69, 9.17) is 0 Å². The molecule has 0 aromatic carbocycles. The standard InChI is InChI=1S/C14H25NO/c1-11-5-7-15(8-6-11)9-14(10-16)12(2)13-3-4-13/h10-14H,3-9H2,1-2H3. The quantitative estimate of drug-likeness (QED) is 0.668. The molecular weight excluding hydrogens is 198 g/mol. The maximum absolute atomic E-state index is 11.2. The van der Waals surface area contributed by atoms with E-state index in [1.807, 2.05) is 0 Å². The van der Waals surface area contributed by atoms with Crippen molar-refractivity contribution >= 4 is 6.29 Å². The number of aldehydes is 1. The number of rotatable bonds is 5. The summed E-state index contributed by atoms with van der Waals surface area (Å²) in [6.07, 6.45) is 6.53. The maximum Gasteiger partial charge on any atom is 0.124 e. The van der Waals surface area contributed by atoms with Gasteiger partial charge in [0, 0.05) is 12.5 Å². The van der Waals surface area contributed by atoms with Crippen molar-refractivity contribution in [1.29, 1.82) is 0 Å². The van der Waals surface area contributed by atoms with Crippen molar-refractivity contribution in [3.8, 4) is 0 Å². The van der Waals surface area contributed by atoms with Crippen LogP contribution in [0.5, 0.6) is 0 Å². The van der Waals surface area contributed by atoms with Gasteiger partial charge in [-0.1, -0.05) is 13.8 Å². The SMILES string of the molecule is CC1CCN(CC(C=O)C(C)C2CC2)CC1. The molecule has 0 amide bonds. The molecule has 0 spiro atoms. The van der Waals surface area contributed by atoms with Gasteiger partial charge in [-0.15, -0.1) is 0 Å². The average Bonchev–Trinajstić information content (AvgIpc) is 3.11. The van der Waals surface area contributed by atoms with Crippen molar-refractivity contribution in [2.45, 2.75) is 39.5 Å². The third-order valence-corrected chi connectivity index (χ3v) is 4.56. The minimum atomic E-state index is 0.279. The van der Waals surface area contributed by atoms with Crippen molar-refractivity contribution < 1.29 is 4.79 Å². The topological polar surface area (TPSA) is 20.3 Å². The molecule has 0 aromatic rings. The summed E-state index contributed by atoms with van der Waals surface area (Å²) < 4.78 is 0. The summed E-state index contributed by atoms with van der Waals surface area (Å²) in [5.74, 6) is 2.61. The Labute approximate surface area is 99.4 Å². The highest BCUT2D eigenvalue weighted by Gasteiger charge is 2.34. The number of piperidine rings is 1. The van der Waals surface area contributed by atoms with Gasteiger partial charge < -0.3 is 9.69 Å². The predicted octanol–water partition coefficient (Wildman–Crippen LogP) is 2.58. The third kappa shape index (κ3) is 3.07. The van der Waals surface area contributed by atoms with Crippen LogP contribution in [0.3, 0.4) is 0 Å². The van der Waals surface area contributed by atoms with Crippen molar-refractivity contribution in [3.05, 3.63) is 0 Å². The monoisotopic (exact) mass is 223 g/mol. The fourth-order valence-electron chi connectivity index (χ4n) is 2.85. The lowest BCUT2D eigenvalue weighted by atomic mass is 9.89. The molecule has 1 heterocycles. The van der Waals surface area contributed by atoms with Crippen molar-refractivity contribution in [2.24, 2.45) is 23.7 Å². The number of hydrogen-bond donors (Lipinski definition) is 0. The summed E-state index contributed by atoms with van der Waals surface area (Å²) >= 11 is 0. The number of carbonyl (C=O) groups excluding carboxylic acids is 1. The number of hydrogen-bond acceptors (Lipinski definition) is 2. The van der Waals surface area contributed by atoms with Crippen LogP contribution in [0.1, 0.15) is 39.5 Å². The molecule has 2 nitrogen and oxygen atoms in total. The first-order valence-electron chi connectivity index (χ1n) is 6.88. The molecule has 2 atom stereocenters. The molecule has 1 aliphatic heterocycles. The lowest BCUT2D eigenvalue weighted by Crippen LogP contribution is -2.38. The zero-order chi connectivity index (χ0) is 11.5. The van der Waals surface area contributed by atoms with Gasteiger partial charge in [0.2, 0.25) is 0 Å². The highest BCUT2D eigenvalue weighted by atomic mass is 16.1. The first-order chi connectivity index (χ1) is 7.70.